The summed E-state index contributed by atoms with van der Waals surface area (Å²) in [5, 5.41) is 0. The monoisotopic (exact) mass is 286 g/mol. The summed E-state index contributed by atoms with van der Waals surface area (Å²) in [7, 11) is 0. The fraction of sp³-hybridized carbons (Fsp3) is 0.333. The number of hydrogen-bond acceptors (Lipinski definition) is 3. The van der Waals surface area contributed by atoms with Crippen LogP contribution in [0, 0.1) is 0 Å². The van der Waals surface area contributed by atoms with Gasteiger partial charge in [-0.3, -0.25) is 0 Å². The highest BCUT2D eigenvalue weighted by atomic mass is 16.5. The summed E-state index contributed by atoms with van der Waals surface area (Å²) >= 11 is 0. The van der Waals surface area contributed by atoms with E-state index in [0.717, 1.165) is 36.0 Å². The van der Waals surface area contributed by atoms with Gasteiger partial charge in [0.25, 0.3) is 0 Å². The summed E-state index contributed by atoms with van der Waals surface area (Å²) in [5.74, 6) is 3.29. The zero-order chi connectivity index (χ0) is 15.1. The van der Waals surface area contributed by atoms with Crippen LogP contribution in [0.3, 0.4) is 0 Å². The quantitative estimate of drug-likeness (QED) is 0.712. The van der Waals surface area contributed by atoms with Crippen LogP contribution in [-0.4, -0.2) is 12.7 Å². The Morgan fingerprint density at radius 3 is 1.71 bits per heavy atom. The molecule has 0 aliphatic heterocycles. The van der Waals surface area contributed by atoms with Crippen molar-refractivity contribution in [3.05, 3.63) is 48.5 Å². The van der Waals surface area contributed by atoms with Gasteiger partial charge in [-0.2, -0.15) is 0 Å². The van der Waals surface area contributed by atoms with E-state index in [1.807, 2.05) is 62.4 Å². The van der Waals surface area contributed by atoms with Crippen LogP contribution < -0.4 is 14.2 Å². The van der Waals surface area contributed by atoms with E-state index in [4.69, 9.17) is 14.2 Å². The van der Waals surface area contributed by atoms with E-state index in [2.05, 4.69) is 6.92 Å². The number of ether oxygens (including phenoxy) is 3. The lowest BCUT2D eigenvalue weighted by molar-refractivity contribution is 0.242. The molecule has 0 amide bonds. The van der Waals surface area contributed by atoms with Crippen molar-refractivity contribution in [1.29, 1.82) is 0 Å². The van der Waals surface area contributed by atoms with Crippen molar-refractivity contribution in [2.75, 3.05) is 6.61 Å². The number of hydrogen-bond donors (Lipinski definition) is 0. The molecule has 2 aromatic rings. The van der Waals surface area contributed by atoms with E-state index >= 15 is 0 Å². The summed E-state index contributed by atoms with van der Waals surface area (Å²) in [6, 6.07) is 15.3. The summed E-state index contributed by atoms with van der Waals surface area (Å²) in [4.78, 5) is 0. The third-order valence-corrected chi connectivity index (χ3v) is 2.73. The van der Waals surface area contributed by atoms with Gasteiger partial charge < -0.3 is 14.2 Å². The fourth-order valence-electron chi connectivity index (χ4n) is 1.82. The summed E-state index contributed by atoms with van der Waals surface area (Å²) in [5.41, 5.74) is 0. The molecule has 0 aliphatic carbocycles. The SMILES string of the molecule is CCCOc1ccc(Oc2ccc(OC(C)C)cc2)cc1. The first kappa shape index (κ1) is 15.2. The molecule has 0 fully saturated rings. The number of rotatable bonds is 7. The second kappa shape index (κ2) is 7.58. The van der Waals surface area contributed by atoms with Crippen LogP contribution in [0.2, 0.25) is 0 Å². The lowest BCUT2D eigenvalue weighted by atomic mass is 10.3. The standard InChI is InChI=1S/C18H22O3/c1-4-13-19-15-5-7-17(8-6-15)21-18-11-9-16(10-12-18)20-14(2)3/h5-12,14H,4,13H2,1-3H3. The van der Waals surface area contributed by atoms with Crippen molar-refractivity contribution in [3.63, 3.8) is 0 Å². The Bertz CT molecular complexity index is 529. The highest BCUT2D eigenvalue weighted by Crippen LogP contribution is 2.26. The average molecular weight is 286 g/mol. The maximum Gasteiger partial charge on any atom is 0.127 e. The van der Waals surface area contributed by atoms with Crippen molar-refractivity contribution in [3.8, 4) is 23.0 Å². The Morgan fingerprint density at radius 2 is 1.24 bits per heavy atom. The predicted molar refractivity (Wildman–Crippen MR) is 84.5 cm³/mol. The maximum absolute atomic E-state index is 5.79. The van der Waals surface area contributed by atoms with Crippen LogP contribution in [0.5, 0.6) is 23.0 Å². The summed E-state index contributed by atoms with van der Waals surface area (Å²) in [6.45, 7) is 6.83. The van der Waals surface area contributed by atoms with E-state index in [1.165, 1.54) is 0 Å². The molecule has 0 N–H and O–H groups in total. The first-order valence-corrected chi connectivity index (χ1v) is 7.35. The molecule has 0 aliphatic rings. The Balaban J connectivity index is 1.94. The van der Waals surface area contributed by atoms with Crippen LogP contribution in [0.4, 0.5) is 0 Å². The van der Waals surface area contributed by atoms with Gasteiger partial charge in [0.2, 0.25) is 0 Å². The fourth-order valence-corrected chi connectivity index (χ4v) is 1.82. The minimum atomic E-state index is 0.174. The minimum absolute atomic E-state index is 0.174. The van der Waals surface area contributed by atoms with Crippen LogP contribution in [-0.2, 0) is 0 Å². The second-order valence-electron chi connectivity index (χ2n) is 5.06. The van der Waals surface area contributed by atoms with Crippen LogP contribution in [0.15, 0.2) is 48.5 Å². The Hall–Kier alpha value is -2.16. The minimum Gasteiger partial charge on any atom is -0.494 e. The van der Waals surface area contributed by atoms with Crippen LogP contribution in [0.1, 0.15) is 27.2 Å². The van der Waals surface area contributed by atoms with Crippen molar-refractivity contribution >= 4 is 0 Å². The highest BCUT2D eigenvalue weighted by Gasteiger charge is 2.01. The van der Waals surface area contributed by atoms with E-state index in [-0.39, 0.29) is 6.10 Å². The molecule has 3 nitrogen and oxygen atoms in total. The maximum atomic E-state index is 5.79. The smallest absolute Gasteiger partial charge is 0.127 e. The largest absolute Gasteiger partial charge is 0.494 e. The van der Waals surface area contributed by atoms with Crippen molar-refractivity contribution in [2.24, 2.45) is 0 Å². The molecule has 0 spiro atoms. The van der Waals surface area contributed by atoms with E-state index in [0.29, 0.717) is 0 Å². The van der Waals surface area contributed by atoms with Crippen molar-refractivity contribution in [1.82, 2.24) is 0 Å². The Kier molecular flexibility index (Phi) is 5.50. The molecule has 0 heterocycles. The normalized spacial score (nSPS) is 10.5. The molecular weight excluding hydrogens is 264 g/mol. The van der Waals surface area contributed by atoms with Gasteiger partial charge in [0.1, 0.15) is 23.0 Å². The van der Waals surface area contributed by atoms with Crippen LogP contribution >= 0.6 is 0 Å². The molecule has 0 bridgehead atoms. The van der Waals surface area contributed by atoms with E-state index < -0.39 is 0 Å². The Morgan fingerprint density at radius 1 is 0.762 bits per heavy atom. The van der Waals surface area contributed by atoms with Gasteiger partial charge in [-0.05, 0) is 68.8 Å². The molecule has 0 aromatic heterocycles. The average Bonchev–Trinajstić information content (AvgIpc) is 2.48. The van der Waals surface area contributed by atoms with E-state index in [1.54, 1.807) is 0 Å². The van der Waals surface area contributed by atoms with Crippen molar-refractivity contribution < 1.29 is 14.2 Å². The predicted octanol–water partition coefficient (Wildman–Crippen LogP) is 5.05. The van der Waals surface area contributed by atoms with Gasteiger partial charge in [0.05, 0.1) is 12.7 Å². The first-order valence-electron chi connectivity index (χ1n) is 7.35. The highest BCUT2D eigenvalue weighted by molar-refractivity contribution is 5.37. The molecule has 3 heteroatoms. The first-order chi connectivity index (χ1) is 10.2. The molecule has 0 radical (unpaired) electrons. The molecule has 0 saturated carbocycles. The van der Waals surface area contributed by atoms with Gasteiger partial charge in [-0.15, -0.1) is 0 Å². The third kappa shape index (κ3) is 5.03. The second-order valence-corrected chi connectivity index (χ2v) is 5.06. The van der Waals surface area contributed by atoms with Crippen LogP contribution in [0.25, 0.3) is 0 Å². The topological polar surface area (TPSA) is 27.7 Å². The molecule has 2 rings (SSSR count). The molecular formula is C18H22O3. The summed E-state index contributed by atoms with van der Waals surface area (Å²) < 4.78 is 16.9. The molecule has 112 valence electrons. The molecule has 0 unspecified atom stereocenters. The zero-order valence-electron chi connectivity index (χ0n) is 12.8. The lowest BCUT2D eigenvalue weighted by Gasteiger charge is -2.11. The lowest BCUT2D eigenvalue weighted by Crippen LogP contribution is -2.05. The van der Waals surface area contributed by atoms with E-state index in [9.17, 15) is 0 Å². The van der Waals surface area contributed by atoms with Gasteiger partial charge in [0.15, 0.2) is 0 Å². The van der Waals surface area contributed by atoms with Gasteiger partial charge in [0, 0.05) is 0 Å². The van der Waals surface area contributed by atoms with Gasteiger partial charge in [-0.1, -0.05) is 6.92 Å². The Labute approximate surface area is 126 Å². The van der Waals surface area contributed by atoms with Crippen molar-refractivity contribution in [2.45, 2.75) is 33.3 Å². The molecule has 0 atom stereocenters. The third-order valence-electron chi connectivity index (χ3n) is 2.73. The molecule has 0 saturated heterocycles. The van der Waals surface area contributed by atoms with Gasteiger partial charge >= 0.3 is 0 Å². The zero-order valence-corrected chi connectivity index (χ0v) is 12.8. The molecule has 2 aromatic carbocycles. The number of benzene rings is 2. The molecule has 21 heavy (non-hydrogen) atoms. The van der Waals surface area contributed by atoms with Gasteiger partial charge in [-0.25, -0.2) is 0 Å². The summed E-state index contributed by atoms with van der Waals surface area (Å²) in [6.07, 6.45) is 1.18.